The molecule has 2 aromatic carbocycles. The maximum absolute atomic E-state index is 6.81. The highest BCUT2D eigenvalue weighted by Gasteiger charge is 2.33. The number of hydrogen-bond acceptors (Lipinski definition) is 2. The topological polar surface area (TPSA) is 35.2 Å². The summed E-state index contributed by atoms with van der Waals surface area (Å²) in [7, 11) is 0. The first kappa shape index (κ1) is 31.3. The van der Waals surface area contributed by atoms with Crippen LogP contribution in [0.5, 0.6) is 5.75 Å². The molecule has 2 heteroatoms. The molecule has 2 aromatic rings. The van der Waals surface area contributed by atoms with E-state index in [4.69, 9.17) is 10.5 Å². The van der Waals surface area contributed by atoms with Crippen LogP contribution in [-0.4, -0.2) is 0 Å². The summed E-state index contributed by atoms with van der Waals surface area (Å²) in [5.41, 5.74) is 7.82. The quantitative estimate of drug-likeness (QED) is 0.120. The van der Waals surface area contributed by atoms with Crippen molar-refractivity contribution >= 4 is 5.69 Å². The number of anilines is 1. The number of nitrogens with two attached hydrogens (primary N) is 1. The highest BCUT2D eigenvalue weighted by atomic mass is 16.5. The molecule has 0 fully saturated rings. The van der Waals surface area contributed by atoms with E-state index in [1.165, 1.54) is 115 Å². The average Bonchev–Trinajstić information content (AvgIpc) is 2.92. The van der Waals surface area contributed by atoms with Crippen molar-refractivity contribution in [3.63, 3.8) is 0 Å². The van der Waals surface area contributed by atoms with Crippen molar-refractivity contribution in [2.75, 3.05) is 5.73 Å². The second-order valence-electron chi connectivity index (χ2n) is 11.2. The van der Waals surface area contributed by atoms with Crippen LogP contribution in [0.25, 0.3) is 0 Å². The van der Waals surface area contributed by atoms with Crippen LogP contribution in [0.15, 0.2) is 54.6 Å². The molecule has 2 N–H and O–H groups in total. The Morgan fingerprint density at radius 2 is 0.946 bits per heavy atom. The van der Waals surface area contributed by atoms with E-state index in [0.717, 1.165) is 30.7 Å². The van der Waals surface area contributed by atoms with Crippen LogP contribution in [0, 0.1) is 0 Å². The number of unbranched alkanes of at least 4 members (excludes halogenated alkanes) is 16. The van der Waals surface area contributed by atoms with Gasteiger partial charge in [-0.2, -0.15) is 0 Å². The van der Waals surface area contributed by atoms with Gasteiger partial charge >= 0.3 is 0 Å². The normalized spacial score (nSPS) is 12.9. The van der Waals surface area contributed by atoms with Gasteiger partial charge in [-0.05, 0) is 55.5 Å². The fraction of sp³-hybridized carbons (Fsp3) is 0.657. The lowest BCUT2D eigenvalue weighted by Gasteiger charge is -2.36. The first-order valence-electron chi connectivity index (χ1n) is 15.8. The van der Waals surface area contributed by atoms with E-state index in [1.54, 1.807) is 0 Å². The zero-order valence-electron chi connectivity index (χ0n) is 24.3. The van der Waals surface area contributed by atoms with Gasteiger partial charge in [0, 0.05) is 5.69 Å². The average molecular weight is 508 g/mol. The molecule has 1 unspecified atom stereocenters. The zero-order valence-corrected chi connectivity index (χ0v) is 24.3. The van der Waals surface area contributed by atoms with E-state index in [9.17, 15) is 0 Å². The largest absolute Gasteiger partial charge is 0.483 e. The van der Waals surface area contributed by atoms with Crippen LogP contribution < -0.4 is 10.5 Å². The summed E-state index contributed by atoms with van der Waals surface area (Å²) in [6, 6.07) is 18.8. The Balaban J connectivity index is 1.69. The van der Waals surface area contributed by atoms with Gasteiger partial charge in [0.15, 0.2) is 0 Å². The van der Waals surface area contributed by atoms with Gasteiger partial charge in [-0.3, -0.25) is 0 Å². The van der Waals surface area contributed by atoms with Crippen molar-refractivity contribution in [1.82, 2.24) is 0 Å². The highest BCUT2D eigenvalue weighted by molar-refractivity contribution is 5.41. The van der Waals surface area contributed by atoms with Crippen molar-refractivity contribution in [2.45, 2.75) is 148 Å². The van der Waals surface area contributed by atoms with Crippen LogP contribution in [0.2, 0.25) is 0 Å². The monoisotopic (exact) mass is 507 g/mol. The molecular formula is C35H57NO. The summed E-state index contributed by atoms with van der Waals surface area (Å²) >= 11 is 0. The number of para-hydroxylation sites is 1. The molecular weight excluding hydrogens is 450 g/mol. The van der Waals surface area contributed by atoms with E-state index in [-0.39, 0.29) is 5.60 Å². The van der Waals surface area contributed by atoms with E-state index in [1.807, 2.05) is 12.1 Å². The van der Waals surface area contributed by atoms with Crippen LogP contribution in [-0.2, 0) is 5.60 Å². The standard InChI is InChI=1S/C35H57NO/c1-3-5-7-8-9-10-11-12-13-14-15-16-17-18-19-23-31-35(30-6-4-2,32-26-28-33(36)29-27-32)37-34-24-21-20-22-25-34/h20-22,24-29H,3-19,23,30-31,36H2,1-2H3. The Morgan fingerprint density at radius 1 is 0.514 bits per heavy atom. The van der Waals surface area contributed by atoms with Gasteiger partial charge in [0.05, 0.1) is 0 Å². The Hall–Kier alpha value is -1.96. The third-order valence-electron chi connectivity index (χ3n) is 7.86. The van der Waals surface area contributed by atoms with E-state index in [2.05, 4.69) is 56.3 Å². The van der Waals surface area contributed by atoms with Crippen molar-refractivity contribution in [2.24, 2.45) is 0 Å². The molecule has 2 nitrogen and oxygen atoms in total. The fourth-order valence-electron chi connectivity index (χ4n) is 5.50. The van der Waals surface area contributed by atoms with E-state index < -0.39 is 0 Å². The lowest BCUT2D eigenvalue weighted by molar-refractivity contribution is 0.0416. The van der Waals surface area contributed by atoms with Crippen LogP contribution >= 0.6 is 0 Å². The summed E-state index contributed by atoms with van der Waals surface area (Å²) in [6.07, 6.45) is 26.8. The van der Waals surface area contributed by atoms with Crippen molar-refractivity contribution in [3.8, 4) is 5.75 Å². The summed E-state index contributed by atoms with van der Waals surface area (Å²) in [5, 5.41) is 0. The molecule has 0 spiro atoms. The Labute approximate surface area is 229 Å². The highest BCUT2D eigenvalue weighted by Crippen LogP contribution is 2.38. The summed E-state index contributed by atoms with van der Waals surface area (Å²) in [6.45, 7) is 4.56. The predicted octanol–water partition coefficient (Wildman–Crippen LogP) is 11.4. The van der Waals surface area contributed by atoms with Crippen molar-refractivity contribution in [3.05, 3.63) is 60.2 Å². The third kappa shape index (κ3) is 13.4. The van der Waals surface area contributed by atoms with Gasteiger partial charge in [-0.15, -0.1) is 0 Å². The summed E-state index contributed by atoms with van der Waals surface area (Å²) in [5.74, 6) is 0.965. The first-order valence-corrected chi connectivity index (χ1v) is 15.8. The van der Waals surface area contributed by atoms with Gasteiger partial charge in [0.25, 0.3) is 0 Å². The zero-order chi connectivity index (χ0) is 26.4. The van der Waals surface area contributed by atoms with Gasteiger partial charge in [0.2, 0.25) is 0 Å². The van der Waals surface area contributed by atoms with Gasteiger partial charge < -0.3 is 10.5 Å². The Morgan fingerprint density at radius 3 is 1.43 bits per heavy atom. The minimum atomic E-state index is -0.277. The molecule has 0 heterocycles. The molecule has 0 saturated carbocycles. The molecule has 37 heavy (non-hydrogen) atoms. The SMILES string of the molecule is CCCCCCCCCCCCCCCCCCC(CCCC)(Oc1ccccc1)c1ccc(N)cc1. The Bertz CT molecular complexity index is 772. The van der Waals surface area contributed by atoms with Gasteiger partial charge in [0.1, 0.15) is 11.4 Å². The number of rotatable bonds is 23. The molecule has 0 aliphatic heterocycles. The number of hydrogen-bond donors (Lipinski definition) is 1. The maximum Gasteiger partial charge on any atom is 0.134 e. The molecule has 208 valence electrons. The van der Waals surface area contributed by atoms with E-state index in [0.29, 0.717) is 0 Å². The fourth-order valence-corrected chi connectivity index (χ4v) is 5.50. The third-order valence-corrected chi connectivity index (χ3v) is 7.86. The van der Waals surface area contributed by atoms with Crippen molar-refractivity contribution in [1.29, 1.82) is 0 Å². The van der Waals surface area contributed by atoms with Crippen LogP contribution in [0.1, 0.15) is 148 Å². The second-order valence-corrected chi connectivity index (χ2v) is 11.2. The summed E-state index contributed by atoms with van der Waals surface area (Å²) in [4.78, 5) is 0. The van der Waals surface area contributed by atoms with Gasteiger partial charge in [-0.1, -0.05) is 147 Å². The van der Waals surface area contributed by atoms with Gasteiger partial charge in [-0.25, -0.2) is 0 Å². The van der Waals surface area contributed by atoms with Crippen molar-refractivity contribution < 1.29 is 4.74 Å². The number of ether oxygens (including phenoxy) is 1. The second kappa shape index (κ2) is 20.1. The predicted molar refractivity (Wildman–Crippen MR) is 163 cm³/mol. The lowest BCUT2D eigenvalue weighted by Crippen LogP contribution is -2.33. The molecule has 0 aromatic heterocycles. The number of nitrogen functional groups attached to an aromatic ring is 1. The molecule has 1 atom stereocenters. The molecule has 0 radical (unpaired) electrons. The molecule has 0 aliphatic carbocycles. The molecule has 0 bridgehead atoms. The molecule has 2 rings (SSSR count). The smallest absolute Gasteiger partial charge is 0.134 e. The maximum atomic E-state index is 6.81. The Kier molecular flexibility index (Phi) is 16.9. The summed E-state index contributed by atoms with van der Waals surface area (Å²) < 4.78 is 6.81. The van der Waals surface area contributed by atoms with Crippen LogP contribution in [0.4, 0.5) is 5.69 Å². The first-order chi connectivity index (χ1) is 18.2. The molecule has 0 aliphatic rings. The van der Waals surface area contributed by atoms with E-state index >= 15 is 0 Å². The minimum absolute atomic E-state index is 0.277. The lowest BCUT2D eigenvalue weighted by atomic mass is 9.83. The van der Waals surface area contributed by atoms with Crippen LogP contribution in [0.3, 0.4) is 0 Å². The molecule has 0 saturated heterocycles. The minimum Gasteiger partial charge on any atom is -0.483 e. The number of benzene rings is 2. The molecule has 0 amide bonds.